The molecule has 9 heteroatoms. The molecule has 136 valence electrons. The SMILES string of the molecule is Nc1[nH]c(=O)c(C(=O)O)c(-c2ccccc2C2OCCCO2)c1C(=O)O. The highest BCUT2D eigenvalue weighted by atomic mass is 16.7. The molecule has 1 aromatic carbocycles. The van der Waals surface area contributed by atoms with Crippen LogP contribution in [0.1, 0.15) is 39.0 Å². The van der Waals surface area contributed by atoms with Crippen LogP contribution < -0.4 is 11.3 Å². The van der Waals surface area contributed by atoms with Crippen LogP contribution in [0.5, 0.6) is 0 Å². The minimum Gasteiger partial charge on any atom is -0.478 e. The van der Waals surface area contributed by atoms with E-state index < -0.39 is 40.7 Å². The average molecular weight is 360 g/mol. The molecule has 2 heterocycles. The Hall–Kier alpha value is -3.17. The molecule has 1 aromatic heterocycles. The molecule has 1 fully saturated rings. The van der Waals surface area contributed by atoms with Gasteiger partial charge >= 0.3 is 11.9 Å². The Morgan fingerprint density at radius 3 is 2.31 bits per heavy atom. The zero-order valence-electron chi connectivity index (χ0n) is 13.5. The number of carbonyl (C=O) groups is 2. The van der Waals surface area contributed by atoms with Crippen molar-refractivity contribution < 1.29 is 29.3 Å². The molecule has 0 bridgehead atoms. The first-order valence-electron chi connectivity index (χ1n) is 7.76. The normalized spacial score (nSPS) is 14.9. The Morgan fingerprint density at radius 2 is 1.69 bits per heavy atom. The van der Waals surface area contributed by atoms with Gasteiger partial charge in [-0.05, 0) is 12.0 Å². The van der Waals surface area contributed by atoms with E-state index in [0.717, 1.165) is 0 Å². The summed E-state index contributed by atoms with van der Waals surface area (Å²) in [5.41, 5.74) is 3.81. The van der Waals surface area contributed by atoms with Crippen molar-refractivity contribution in [3.8, 4) is 11.1 Å². The molecule has 0 amide bonds. The van der Waals surface area contributed by atoms with Crippen molar-refractivity contribution >= 4 is 17.8 Å². The number of pyridine rings is 1. The summed E-state index contributed by atoms with van der Waals surface area (Å²) >= 11 is 0. The standard InChI is InChI=1S/C17H16N2O7/c18-13-11(15(21)22)10(12(16(23)24)14(20)19-13)8-4-1-2-5-9(8)17-25-6-3-7-26-17/h1-2,4-5,17H,3,6-7H2,(H,21,22)(H,23,24)(H3,18,19,20). The first-order valence-corrected chi connectivity index (χ1v) is 7.76. The second-order valence-corrected chi connectivity index (χ2v) is 5.62. The van der Waals surface area contributed by atoms with E-state index in [2.05, 4.69) is 4.98 Å². The molecule has 1 aliphatic rings. The number of nitrogens with two attached hydrogens (primary N) is 1. The molecule has 0 unspecified atom stereocenters. The molecule has 0 atom stereocenters. The Kier molecular flexibility index (Phi) is 4.74. The van der Waals surface area contributed by atoms with Crippen LogP contribution in [0.2, 0.25) is 0 Å². The fraction of sp³-hybridized carbons (Fsp3) is 0.235. The van der Waals surface area contributed by atoms with E-state index in [1.54, 1.807) is 18.2 Å². The summed E-state index contributed by atoms with van der Waals surface area (Å²) in [6, 6.07) is 6.40. The maximum absolute atomic E-state index is 12.2. The van der Waals surface area contributed by atoms with Gasteiger partial charge in [0.05, 0.1) is 13.2 Å². The number of hydrogen-bond acceptors (Lipinski definition) is 6. The lowest BCUT2D eigenvalue weighted by Gasteiger charge is -2.26. The van der Waals surface area contributed by atoms with Gasteiger partial charge in [-0.15, -0.1) is 0 Å². The summed E-state index contributed by atoms with van der Waals surface area (Å²) in [5.74, 6) is -3.46. The molecule has 9 nitrogen and oxygen atoms in total. The van der Waals surface area contributed by atoms with Crippen LogP contribution >= 0.6 is 0 Å². The number of H-pyrrole nitrogens is 1. The summed E-state index contributed by atoms with van der Waals surface area (Å²) < 4.78 is 11.1. The van der Waals surface area contributed by atoms with Crippen molar-refractivity contribution in [2.75, 3.05) is 18.9 Å². The predicted molar refractivity (Wildman–Crippen MR) is 90.1 cm³/mol. The number of nitrogens with one attached hydrogen (secondary N) is 1. The highest BCUT2D eigenvalue weighted by molar-refractivity contribution is 6.07. The van der Waals surface area contributed by atoms with Crippen molar-refractivity contribution in [2.45, 2.75) is 12.7 Å². The van der Waals surface area contributed by atoms with Crippen molar-refractivity contribution in [3.63, 3.8) is 0 Å². The van der Waals surface area contributed by atoms with Crippen molar-refractivity contribution in [1.82, 2.24) is 4.98 Å². The summed E-state index contributed by atoms with van der Waals surface area (Å²) in [6.45, 7) is 0.877. The third-order valence-corrected chi connectivity index (χ3v) is 3.98. The lowest BCUT2D eigenvalue weighted by atomic mass is 9.91. The summed E-state index contributed by atoms with van der Waals surface area (Å²) in [4.78, 5) is 37.6. The first kappa shape index (κ1) is 17.6. The van der Waals surface area contributed by atoms with Gasteiger partial charge in [-0.25, -0.2) is 9.59 Å². The number of nitrogen functional groups attached to an aromatic ring is 1. The first-order chi connectivity index (χ1) is 12.4. The summed E-state index contributed by atoms with van der Waals surface area (Å²) in [6.07, 6.45) is -0.0964. The summed E-state index contributed by atoms with van der Waals surface area (Å²) in [5, 5.41) is 19.0. The van der Waals surface area contributed by atoms with Crippen LogP contribution in [0.3, 0.4) is 0 Å². The van der Waals surface area contributed by atoms with Gasteiger partial charge in [0, 0.05) is 11.1 Å². The maximum atomic E-state index is 12.2. The number of aromatic amines is 1. The van der Waals surface area contributed by atoms with Gasteiger partial charge in [0.1, 0.15) is 16.9 Å². The van der Waals surface area contributed by atoms with E-state index in [9.17, 15) is 24.6 Å². The van der Waals surface area contributed by atoms with Gasteiger partial charge in [-0.1, -0.05) is 24.3 Å². The Bertz CT molecular complexity index is 929. The molecule has 26 heavy (non-hydrogen) atoms. The number of anilines is 1. The van der Waals surface area contributed by atoms with Crippen LogP contribution in [0.25, 0.3) is 11.1 Å². The number of benzene rings is 1. The van der Waals surface area contributed by atoms with Crippen LogP contribution in [0, 0.1) is 0 Å². The molecular weight excluding hydrogens is 344 g/mol. The van der Waals surface area contributed by atoms with Crippen LogP contribution in [0.4, 0.5) is 5.82 Å². The number of ether oxygens (including phenoxy) is 2. The number of hydrogen-bond donors (Lipinski definition) is 4. The third-order valence-electron chi connectivity index (χ3n) is 3.98. The largest absolute Gasteiger partial charge is 0.478 e. The number of aromatic carboxylic acids is 2. The molecule has 1 saturated heterocycles. The number of carboxylic acids is 2. The van der Waals surface area contributed by atoms with Gasteiger partial charge in [0.15, 0.2) is 6.29 Å². The number of rotatable bonds is 4. The topological polar surface area (TPSA) is 152 Å². The van der Waals surface area contributed by atoms with Gasteiger partial charge in [0.25, 0.3) is 5.56 Å². The fourth-order valence-corrected chi connectivity index (χ4v) is 2.91. The lowest BCUT2D eigenvalue weighted by molar-refractivity contribution is -0.182. The highest BCUT2D eigenvalue weighted by Crippen LogP contribution is 2.36. The second-order valence-electron chi connectivity index (χ2n) is 5.62. The average Bonchev–Trinajstić information content (AvgIpc) is 2.61. The van der Waals surface area contributed by atoms with Gasteiger partial charge in [-0.3, -0.25) is 4.79 Å². The van der Waals surface area contributed by atoms with Crippen LogP contribution in [-0.4, -0.2) is 40.3 Å². The van der Waals surface area contributed by atoms with E-state index in [0.29, 0.717) is 25.2 Å². The molecule has 1 aliphatic heterocycles. The molecule has 0 saturated carbocycles. The molecule has 0 spiro atoms. The van der Waals surface area contributed by atoms with E-state index in [1.807, 2.05) is 0 Å². The third kappa shape index (κ3) is 3.05. The molecular formula is C17H16N2O7. The van der Waals surface area contributed by atoms with Gasteiger partial charge in [0.2, 0.25) is 0 Å². The molecule has 0 aliphatic carbocycles. The smallest absolute Gasteiger partial charge is 0.342 e. The Labute approximate surface area is 147 Å². The van der Waals surface area contributed by atoms with Gasteiger partial charge < -0.3 is 30.4 Å². The van der Waals surface area contributed by atoms with E-state index >= 15 is 0 Å². The quantitative estimate of drug-likeness (QED) is 0.639. The van der Waals surface area contributed by atoms with E-state index in [4.69, 9.17) is 15.2 Å². The maximum Gasteiger partial charge on any atom is 0.342 e. The second kappa shape index (κ2) is 6.98. The van der Waals surface area contributed by atoms with Crippen LogP contribution in [0.15, 0.2) is 29.1 Å². The van der Waals surface area contributed by atoms with Crippen molar-refractivity contribution in [1.29, 1.82) is 0 Å². The lowest BCUT2D eigenvalue weighted by Crippen LogP contribution is -2.25. The molecule has 0 radical (unpaired) electrons. The van der Waals surface area contributed by atoms with E-state index in [1.165, 1.54) is 6.07 Å². The molecule has 5 N–H and O–H groups in total. The number of aromatic nitrogens is 1. The van der Waals surface area contributed by atoms with Crippen molar-refractivity contribution in [2.24, 2.45) is 0 Å². The minimum absolute atomic E-state index is 0.201. The minimum atomic E-state index is -1.57. The monoisotopic (exact) mass is 360 g/mol. The molecule has 2 aromatic rings. The Morgan fingerprint density at radius 1 is 1.08 bits per heavy atom. The predicted octanol–water partition coefficient (Wildman–Crippen LogP) is 1.46. The number of carboxylic acid groups (broad SMARTS) is 2. The summed E-state index contributed by atoms with van der Waals surface area (Å²) in [7, 11) is 0. The van der Waals surface area contributed by atoms with Crippen molar-refractivity contribution in [3.05, 3.63) is 51.3 Å². The van der Waals surface area contributed by atoms with E-state index in [-0.39, 0.29) is 11.1 Å². The zero-order valence-corrected chi connectivity index (χ0v) is 13.5. The van der Waals surface area contributed by atoms with Gasteiger partial charge in [-0.2, -0.15) is 0 Å². The zero-order chi connectivity index (χ0) is 18.8. The Balaban J connectivity index is 2.35. The molecule has 3 rings (SSSR count). The van der Waals surface area contributed by atoms with Crippen LogP contribution in [-0.2, 0) is 9.47 Å². The fourth-order valence-electron chi connectivity index (χ4n) is 2.91. The highest BCUT2D eigenvalue weighted by Gasteiger charge is 2.30.